The molecule has 33 heavy (non-hydrogen) atoms. The van der Waals surface area contributed by atoms with Gasteiger partial charge in [-0.25, -0.2) is 14.4 Å². The van der Waals surface area contributed by atoms with Crippen molar-refractivity contribution in [1.82, 2.24) is 29.9 Å². The average molecular weight is 463 g/mol. The summed E-state index contributed by atoms with van der Waals surface area (Å²) in [5.41, 5.74) is -0.472. The Morgan fingerprint density at radius 2 is 1.88 bits per heavy atom. The third-order valence-electron chi connectivity index (χ3n) is 5.65. The van der Waals surface area contributed by atoms with Gasteiger partial charge in [-0.1, -0.05) is 6.92 Å². The minimum atomic E-state index is -4.52. The molecule has 3 heterocycles. The molecule has 8 nitrogen and oxygen atoms in total. The fourth-order valence-corrected chi connectivity index (χ4v) is 3.92. The van der Waals surface area contributed by atoms with Gasteiger partial charge in [0.25, 0.3) is 5.91 Å². The number of amides is 1. The lowest BCUT2D eigenvalue weighted by Crippen LogP contribution is -2.51. The van der Waals surface area contributed by atoms with Gasteiger partial charge in [-0.15, -0.1) is 0 Å². The second-order valence-corrected chi connectivity index (χ2v) is 7.84. The molecule has 3 aromatic rings. The summed E-state index contributed by atoms with van der Waals surface area (Å²) in [4.78, 5) is 23.8. The zero-order chi connectivity index (χ0) is 23.6. The van der Waals surface area contributed by atoms with Crippen LogP contribution >= 0.6 is 0 Å². The van der Waals surface area contributed by atoms with Gasteiger partial charge in [0, 0.05) is 25.5 Å². The highest BCUT2D eigenvalue weighted by atomic mass is 19.4. The van der Waals surface area contributed by atoms with Crippen LogP contribution in [0.25, 0.3) is 5.69 Å². The Balaban J connectivity index is 1.55. The van der Waals surface area contributed by atoms with Crippen LogP contribution in [0.3, 0.4) is 0 Å². The van der Waals surface area contributed by atoms with Crippen molar-refractivity contribution in [2.24, 2.45) is 5.92 Å². The molecule has 1 amide bonds. The van der Waals surface area contributed by atoms with Crippen LogP contribution in [0.15, 0.2) is 43.0 Å². The van der Waals surface area contributed by atoms with E-state index in [1.54, 1.807) is 4.90 Å². The summed E-state index contributed by atoms with van der Waals surface area (Å²) in [6.45, 7) is 2.66. The number of piperidine rings is 1. The van der Waals surface area contributed by atoms with E-state index >= 15 is 0 Å². The van der Waals surface area contributed by atoms with Gasteiger partial charge in [0.15, 0.2) is 0 Å². The van der Waals surface area contributed by atoms with Gasteiger partial charge < -0.3 is 10.2 Å². The molecule has 1 aromatic carbocycles. The number of aromatic nitrogens is 5. The van der Waals surface area contributed by atoms with Gasteiger partial charge >= 0.3 is 6.18 Å². The number of alkyl halides is 3. The highest BCUT2D eigenvalue weighted by Gasteiger charge is 2.34. The van der Waals surface area contributed by atoms with Gasteiger partial charge in [-0.3, -0.25) is 4.79 Å². The van der Waals surface area contributed by atoms with Crippen molar-refractivity contribution in [2.75, 3.05) is 18.4 Å². The van der Waals surface area contributed by atoms with Crippen molar-refractivity contribution >= 4 is 11.9 Å². The molecule has 1 aliphatic heterocycles. The van der Waals surface area contributed by atoms with E-state index in [1.807, 2.05) is 6.92 Å². The molecular formula is C21H21F4N7O. The largest absolute Gasteiger partial charge is 0.419 e. The van der Waals surface area contributed by atoms with E-state index in [2.05, 4.69) is 25.5 Å². The van der Waals surface area contributed by atoms with E-state index in [-0.39, 0.29) is 35.9 Å². The number of hydrogen-bond donors (Lipinski definition) is 1. The molecule has 0 bridgehead atoms. The number of anilines is 1. The summed E-state index contributed by atoms with van der Waals surface area (Å²) in [6.07, 6.45) is 1.43. The molecule has 1 aliphatic rings. The number of halogens is 4. The highest BCUT2D eigenvalue weighted by Crippen LogP contribution is 2.29. The van der Waals surface area contributed by atoms with E-state index < -0.39 is 17.6 Å². The number of nitrogens with one attached hydrogen (secondary N) is 1. The van der Waals surface area contributed by atoms with Gasteiger partial charge in [0.1, 0.15) is 5.82 Å². The third kappa shape index (κ3) is 4.94. The van der Waals surface area contributed by atoms with Crippen molar-refractivity contribution in [3.8, 4) is 5.69 Å². The molecule has 0 saturated carbocycles. The summed E-state index contributed by atoms with van der Waals surface area (Å²) in [5, 5.41) is 11.0. The Bertz CT molecular complexity index is 1100. The summed E-state index contributed by atoms with van der Waals surface area (Å²) >= 11 is 0. The Hall–Kier alpha value is -3.57. The van der Waals surface area contributed by atoms with Crippen molar-refractivity contribution in [1.29, 1.82) is 0 Å². The van der Waals surface area contributed by atoms with Crippen LogP contribution in [0.1, 0.15) is 35.7 Å². The van der Waals surface area contributed by atoms with Crippen LogP contribution in [0.4, 0.5) is 23.5 Å². The Kier molecular flexibility index (Phi) is 6.25. The minimum absolute atomic E-state index is 0.0281. The normalized spacial score (nSPS) is 18.9. The molecule has 4 rings (SSSR count). The topological polar surface area (TPSA) is 88.8 Å². The summed E-state index contributed by atoms with van der Waals surface area (Å²) in [5.74, 6) is -0.828. The fourth-order valence-electron chi connectivity index (χ4n) is 3.92. The van der Waals surface area contributed by atoms with E-state index in [1.165, 1.54) is 29.3 Å². The lowest BCUT2D eigenvalue weighted by Gasteiger charge is -2.40. The Labute approximate surface area is 186 Å². The summed E-state index contributed by atoms with van der Waals surface area (Å²) in [7, 11) is 0. The maximum Gasteiger partial charge on any atom is 0.419 e. The first-order valence-electron chi connectivity index (χ1n) is 10.3. The average Bonchev–Trinajstić information content (AvgIpc) is 3.32. The first-order chi connectivity index (χ1) is 15.7. The van der Waals surface area contributed by atoms with Crippen molar-refractivity contribution < 1.29 is 22.4 Å². The highest BCUT2D eigenvalue weighted by molar-refractivity contribution is 5.98. The first kappa shape index (κ1) is 22.6. The second kappa shape index (κ2) is 9.12. The Morgan fingerprint density at radius 3 is 2.55 bits per heavy atom. The van der Waals surface area contributed by atoms with Gasteiger partial charge in [-0.2, -0.15) is 28.2 Å². The molecular weight excluding hydrogens is 442 g/mol. The van der Waals surface area contributed by atoms with Crippen LogP contribution in [0.5, 0.6) is 0 Å². The zero-order valence-corrected chi connectivity index (χ0v) is 17.6. The predicted molar refractivity (Wildman–Crippen MR) is 110 cm³/mol. The van der Waals surface area contributed by atoms with Crippen LogP contribution in [-0.2, 0) is 6.18 Å². The van der Waals surface area contributed by atoms with E-state index in [9.17, 15) is 22.4 Å². The molecule has 1 fully saturated rings. The number of rotatable bonds is 5. The molecule has 12 heteroatoms. The maximum absolute atomic E-state index is 14.0. The molecule has 0 radical (unpaired) electrons. The van der Waals surface area contributed by atoms with Crippen LogP contribution in [0, 0.1) is 11.7 Å². The maximum atomic E-state index is 14.0. The third-order valence-corrected chi connectivity index (χ3v) is 5.65. The second-order valence-electron chi connectivity index (χ2n) is 7.84. The number of hydrogen-bond acceptors (Lipinski definition) is 6. The number of benzene rings is 1. The molecule has 2 atom stereocenters. The number of carbonyl (C=O) groups excluding carboxylic acids is 1. The molecule has 0 aliphatic carbocycles. The Morgan fingerprint density at radius 1 is 1.18 bits per heavy atom. The molecule has 1 N–H and O–H groups in total. The molecule has 1 saturated heterocycles. The van der Waals surface area contributed by atoms with Crippen molar-refractivity contribution in [2.45, 2.75) is 32.0 Å². The van der Waals surface area contributed by atoms with Crippen LogP contribution in [-0.4, -0.2) is 54.9 Å². The SMILES string of the molecule is C[C@@H]1CCCN(C(=O)c2cc(F)ccc2-n2nccn2)C1CNc1ncc(C(F)(F)F)cn1. The van der Waals surface area contributed by atoms with Crippen molar-refractivity contribution in [3.05, 3.63) is 59.9 Å². The molecule has 174 valence electrons. The number of nitrogens with zero attached hydrogens (tertiary/aromatic N) is 6. The van der Waals surface area contributed by atoms with E-state index in [4.69, 9.17) is 0 Å². The minimum Gasteiger partial charge on any atom is -0.352 e. The standard InChI is InChI=1S/C21H21F4N7O/c1-13-3-2-8-31(18(13)12-28-20-26-10-14(11-27-20)21(23,24)25)19(33)16-9-15(22)4-5-17(16)32-29-6-7-30-32/h4-7,9-11,13,18H,2-3,8,12H2,1H3,(H,26,27,28)/t13-,18?/m1/s1. The zero-order valence-electron chi connectivity index (χ0n) is 17.6. The van der Waals surface area contributed by atoms with Gasteiger partial charge in [0.2, 0.25) is 5.95 Å². The molecule has 2 aromatic heterocycles. The lowest BCUT2D eigenvalue weighted by molar-refractivity contribution is -0.138. The predicted octanol–water partition coefficient (Wildman–Crippen LogP) is 3.57. The molecule has 1 unspecified atom stereocenters. The van der Waals surface area contributed by atoms with Crippen LogP contribution in [0.2, 0.25) is 0 Å². The first-order valence-corrected chi connectivity index (χ1v) is 10.3. The van der Waals surface area contributed by atoms with Crippen molar-refractivity contribution in [3.63, 3.8) is 0 Å². The monoisotopic (exact) mass is 463 g/mol. The smallest absolute Gasteiger partial charge is 0.352 e. The summed E-state index contributed by atoms with van der Waals surface area (Å²) < 4.78 is 52.2. The number of likely N-dealkylation sites (tertiary alicyclic amines) is 1. The molecule has 0 spiro atoms. The summed E-state index contributed by atoms with van der Waals surface area (Å²) in [6, 6.07) is 3.53. The van der Waals surface area contributed by atoms with Gasteiger partial charge in [0.05, 0.1) is 35.2 Å². The van der Waals surface area contributed by atoms with Gasteiger partial charge in [-0.05, 0) is 37.0 Å². The lowest BCUT2D eigenvalue weighted by atomic mass is 9.90. The van der Waals surface area contributed by atoms with E-state index in [0.29, 0.717) is 24.6 Å². The van der Waals surface area contributed by atoms with E-state index in [0.717, 1.165) is 18.9 Å². The van der Waals surface area contributed by atoms with Crippen LogP contribution < -0.4 is 5.32 Å². The number of carbonyl (C=O) groups is 1. The fraction of sp³-hybridized carbons (Fsp3) is 0.381. The quantitative estimate of drug-likeness (QED) is 0.582.